The van der Waals surface area contributed by atoms with E-state index in [4.69, 9.17) is 4.74 Å². The number of rotatable bonds is 6. The van der Waals surface area contributed by atoms with Crippen LogP contribution in [0.15, 0.2) is 42.9 Å². The summed E-state index contributed by atoms with van der Waals surface area (Å²) in [5.74, 6) is 1.67. The van der Waals surface area contributed by atoms with E-state index in [1.165, 1.54) is 55.0 Å². The third-order valence-electron chi connectivity index (χ3n) is 8.77. The summed E-state index contributed by atoms with van der Waals surface area (Å²) in [6.45, 7) is 3.71. The number of benzene rings is 1. The molecule has 2 aromatic heterocycles. The largest absolute Gasteiger partial charge is 0.357 e. The Morgan fingerprint density at radius 2 is 1.75 bits per heavy atom. The summed E-state index contributed by atoms with van der Waals surface area (Å²) in [6.07, 6.45) is 19.3. The van der Waals surface area contributed by atoms with Crippen LogP contribution in [0.3, 0.4) is 0 Å². The molecule has 3 aliphatic rings. The van der Waals surface area contributed by atoms with Gasteiger partial charge in [-0.2, -0.15) is 5.10 Å². The first-order valence-electron chi connectivity index (χ1n) is 14.3. The lowest BCUT2D eigenvalue weighted by Gasteiger charge is -2.33. The number of likely N-dealkylation sites (tertiary alicyclic amines) is 1. The standard InChI is InChI=1S/C30H40N4O2/c35-29(18-23-6-2-1-3-7-23)32-14-11-24(12-15-32)21-33-16-13-26-19-25(9-10-28(26)33)27-20-31-34(22-27)30-8-4-5-17-36-30/h9-10,13,16,19-20,22-24,30H,1-8,11-12,14-15,17-18,21H2. The van der Waals surface area contributed by atoms with E-state index < -0.39 is 0 Å². The molecular weight excluding hydrogens is 448 g/mol. The van der Waals surface area contributed by atoms with E-state index in [1.54, 1.807) is 0 Å². The van der Waals surface area contributed by atoms with Crippen LogP contribution in [-0.2, 0) is 16.1 Å². The molecule has 0 radical (unpaired) electrons. The quantitative estimate of drug-likeness (QED) is 0.403. The minimum absolute atomic E-state index is 0.0753. The fraction of sp³-hybridized carbons (Fsp3) is 0.600. The molecule has 0 spiro atoms. The van der Waals surface area contributed by atoms with Gasteiger partial charge in [0.05, 0.1) is 6.20 Å². The Hall–Kier alpha value is -2.60. The molecule has 6 nitrogen and oxygen atoms in total. The fourth-order valence-electron chi connectivity index (χ4n) is 6.53. The minimum atomic E-state index is 0.0753. The lowest BCUT2D eigenvalue weighted by Crippen LogP contribution is -2.40. The molecular formula is C30H40N4O2. The van der Waals surface area contributed by atoms with E-state index in [1.807, 2.05) is 10.9 Å². The third kappa shape index (κ3) is 5.24. The topological polar surface area (TPSA) is 52.3 Å². The highest BCUT2D eigenvalue weighted by Crippen LogP contribution is 2.30. The predicted molar refractivity (Wildman–Crippen MR) is 142 cm³/mol. The van der Waals surface area contributed by atoms with Crippen LogP contribution in [-0.4, -0.2) is 44.9 Å². The van der Waals surface area contributed by atoms with Crippen LogP contribution >= 0.6 is 0 Å². The lowest BCUT2D eigenvalue weighted by atomic mass is 9.86. The molecule has 0 N–H and O–H groups in total. The zero-order valence-corrected chi connectivity index (χ0v) is 21.5. The van der Waals surface area contributed by atoms with Crippen LogP contribution in [0, 0.1) is 11.8 Å². The molecule has 3 aromatic rings. The average molecular weight is 489 g/mol. The van der Waals surface area contributed by atoms with E-state index in [0.29, 0.717) is 17.7 Å². The summed E-state index contributed by atoms with van der Waals surface area (Å²) < 4.78 is 10.3. The lowest BCUT2D eigenvalue weighted by molar-refractivity contribution is -0.133. The van der Waals surface area contributed by atoms with Crippen molar-refractivity contribution in [2.75, 3.05) is 19.7 Å². The van der Waals surface area contributed by atoms with E-state index in [2.05, 4.69) is 51.2 Å². The van der Waals surface area contributed by atoms with Gasteiger partial charge in [0.15, 0.2) is 0 Å². The van der Waals surface area contributed by atoms with Gasteiger partial charge in [-0.25, -0.2) is 4.68 Å². The van der Waals surface area contributed by atoms with Crippen molar-refractivity contribution in [2.45, 2.75) is 83.4 Å². The van der Waals surface area contributed by atoms with Crippen LogP contribution in [0.2, 0.25) is 0 Å². The highest BCUT2D eigenvalue weighted by Gasteiger charge is 2.26. The minimum Gasteiger partial charge on any atom is -0.357 e. The van der Waals surface area contributed by atoms with Gasteiger partial charge >= 0.3 is 0 Å². The molecule has 6 rings (SSSR count). The molecule has 4 heterocycles. The van der Waals surface area contributed by atoms with Crippen molar-refractivity contribution < 1.29 is 9.53 Å². The van der Waals surface area contributed by atoms with Crippen molar-refractivity contribution in [2.24, 2.45) is 11.8 Å². The molecule has 3 fully saturated rings. The van der Waals surface area contributed by atoms with Crippen molar-refractivity contribution in [3.8, 4) is 11.1 Å². The monoisotopic (exact) mass is 488 g/mol. The van der Waals surface area contributed by atoms with Crippen LogP contribution < -0.4 is 0 Å². The Kier molecular flexibility index (Phi) is 7.13. The Morgan fingerprint density at radius 3 is 2.56 bits per heavy atom. The van der Waals surface area contributed by atoms with Gasteiger partial charge in [-0.3, -0.25) is 4.79 Å². The van der Waals surface area contributed by atoms with E-state index in [-0.39, 0.29) is 6.23 Å². The summed E-state index contributed by atoms with van der Waals surface area (Å²) in [5, 5.41) is 5.86. The molecule has 1 amide bonds. The number of hydrogen-bond acceptors (Lipinski definition) is 3. The summed E-state index contributed by atoms with van der Waals surface area (Å²) in [5.41, 5.74) is 3.63. The summed E-state index contributed by atoms with van der Waals surface area (Å²) in [7, 11) is 0. The van der Waals surface area contributed by atoms with Crippen molar-refractivity contribution >= 4 is 16.8 Å². The Morgan fingerprint density at radius 1 is 0.917 bits per heavy atom. The molecule has 2 saturated heterocycles. The molecule has 1 saturated carbocycles. The summed E-state index contributed by atoms with van der Waals surface area (Å²) in [6, 6.07) is 8.98. The fourth-order valence-corrected chi connectivity index (χ4v) is 6.53. The number of carbonyl (C=O) groups excluding carboxylic acids is 1. The normalized spacial score (nSPS) is 22.3. The van der Waals surface area contributed by atoms with Crippen molar-refractivity contribution in [1.82, 2.24) is 19.2 Å². The van der Waals surface area contributed by atoms with E-state index in [0.717, 1.165) is 63.9 Å². The number of ether oxygens (including phenoxy) is 1. The smallest absolute Gasteiger partial charge is 0.222 e. The first-order valence-corrected chi connectivity index (χ1v) is 14.3. The van der Waals surface area contributed by atoms with Gasteiger partial charge in [0.1, 0.15) is 6.23 Å². The highest BCUT2D eigenvalue weighted by molar-refractivity contribution is 5.85. The number of nitrogens with zero attached hydrogens (tertiary/aromatic N) is 4. The van der Waals surface area contributed by atoms with Gasteiger partial charge in [-0.1, -0.05) is 25.3 Å². The maximum Gasteiger partial charge on any atom is 0.222 e. The maximum atomic E-state index is 12.8. The molecule has 6 heteroatoms. The molecule has 1 aliphatic carbocycles. The maximum absolute atomic E-state index is 12.8. The zero-order valence-electron chi connectivity index (χ0n) is 21.5. The number of hydrogen-bond donors (Lipinski definition) is 0. The number of fused-ring (bicyclic) bond motifs is 1. The molecule has 1 unspecified atom stereocenters. The van der Waals surface area contributed by atoms with Crippen LogP contribution in [0.4, 0.5) is 0 Å². The van der Waals surface area contributed by atoms with Gasteiger partial charge in [0.2, 0.25) is 5.91 Å². The Labute approximate surface area is 214 Å². The highest BCUT2D eigenvalue weighted by atomic mass is 16.5. The van der Waals surface area contributed by atoms with Gasteiger partial charge in [0, 0.05) is 61.5 Å². The first kappa shape index (κ1) is 23.8. The van der Waals surface area contributed by atoms with Crippen LogP contribution in [0.25, 0.3) is 22.0 Å². The Balaban J connectivity index is 1.05. The SMILES string of the molecule is O=C(CC1CCCCC1)N1CCC(Cn2ccc3cc(-c4cnn(C5CCCCO5)c4)ccc32)CC1. The van der Waals surface area contributed by atoms with E-state index >= 15 is 0 Å². The average Bonchev–Trinajstić information content (AvgIpc) is 3.58. The third-order valence-corrected chi connectivity index (χ3v) is 8.77. The predicted octanol–water partition coefficient (Wildman–Crippen LogP) is 6.41. The van der Waals surface area contributed by atoms with E-state index in [9.17, 15) is 4.79 Å². The van der Waals surface area contributed by atoms with Crippen LogP contribution in [0.1, 0.15) is 76.9 Å². The van der Waals surface area contributed by atoms with Crippen molar-refractivity contribution in [1.29, 1.82) is 0 Å². The molecule has 192 valence electrons. The second kappa shape index (κ2) is 10.8. The van der Waals surface area contributed by atoms with Crippen LogP contribution in [0.5, 0.6) is 0 Å². The number of aromatic nitrogens is 3. The van der Waals surface area contributed by atoms with Crippen molar-refractivity contribution in [3.63, 3.8) is 0 Å². The number of carbonyl (C=O) groups is 1. The molecule has 0 bridgehead atoms. The van der Waals surface area contributed by atoms with Gasteiger partial charge < -0.3 is 14.2 Å². The first-order chi connectivity index (χ1) is 17.7. The van der Waals surface area contributed by atoms with Crippen molar-refractivity contribution in [3.05, 3.63) is 42.9 Å². The molecule has 1 atom stereocenters. The number of amides is 1. The second-order valence-electron chi connectivity index (χ2n) is 11.3. The second-order valence-corrected chi connectivity index (χ2v) is 11.3. The molecule has 2 aliphatic heterocycles. The Bertz CT molecular complexity index is 1160. The summed E-state index contributed by atoms with van der Waals surface area (Å²) in [4.78, 5) is 15.0. The molecule has 36 heavy (non-hydrogen) atoms. The van der Waals surface area contributed by atoms with Gasteiger partial charge in [-0.05, 0) is 80.5 Å². The van der Waals surface area contributed by atoms with Gasteiger partial charge in [-0.15, -0.1) is 0 Å². The summed E-state index contributed by atoms with van der Waals surface area (Å²) >= 11 is 0. The molecule has 1 aromatic carbocycles. The number of piperidine rings is 1. The van der Waals surface area contributed by atoms with Gasteiger partial charge in [0.25, 0.3) is 0 Å². The zero-order chi connectivity index (χ0) is 24.3.